The normalized spacial score (nSPS) is 13.2. The lowest BCUT2D eigenvalue weighted by molar-refractivity contribution is -0.142. The van der Waals surface area contributed by atoms with E-state index in [2.05, 4.69) is 16.0 Å². The van der Waals surface area contributed by atoms with E-state index in [1.54, 1.807) is 30.3 Å². The molecule has 34 heavy (non-hydrogen) atoms. The van der Waals surface area contributed by atoms with Crippen LogP contribution in [-0.4, -0.2) is 65.9 Å². The fraction of sp³-hybridized carbons (Fsp3) is 0.500. The Bertz CT molecular complexity index is 834. The smallest absolute Gasteiger partial charge is 0.326 e. The summed E-state index contributed by atoms with van der Waals surface area (Å²) in [7, 11) is 0. The van der Waals surface area contributed by atoms with Gasteiger partial charge in [-0.3, -0.25) is 19.2 Å². The number of nitrogens with one attached hydrogen (secondary N) is 3. The molecule has 12 nitrogen and oxygen atoms in total. The van der Waals surface area contributed by atoms with Gasteiger partial charge in [-0.15, -0.1) is 0 Å². The molecule has 0 bridgehead atoms. The number of rotatable bonds is 16. The van der Waals surface area contributed by atoms with Crippen LogP contribution < -0.4 is 33.2 Å². The van der Waals surface area contributed by atoms with E-state index in [0.29, 0.717) is 24.9 Å². The molecule has 12 heteroatoms. The Balaban J connectivity index is 2.71. The lowest BCUT2D eigenvalue weighted by Gasteiger charge is -2.21. The van der Waals surface area contributed by atoms with Crippen molar-refractivity contribution in [3.63, 3.8) is 0 Å². The van der Waals surface area contributed by atoms with Crippen LogP contribution in [-0.2, 0) is 30.4 Å². The maximum Gasteiger partial charge on any atom is 0.326 e. The average Bonchev–Trinajstić information content (AvgIpc) is 2.80. The van der Waals surface area contributed by atoms with Gasteiger partial charge in [0.25, 0.3) is 0 Å². The molecule has 1 rings (SSSR count). The van der Waals surface area contributed by atoms with Gasteiger partial charge < -0.3 is 38.3 Å². The number of hydrogen-bond donors (Lipinski definition) is 7. The Morgan fingerprint density at radius 2 is 1.59 bits per heavy atom. The van der Waals surface area contributed by atoms with Gasteiger partial charge in [0, 0.05) is 12.8 Å². The fourth-order valence-corrected chi connectivity index (χ4v) is 3.06. The average molecular weight is 479 g/mol. The molecule has 3 atom stereocenters. The summed E-state index contributed by atoms with van der Waals surface area (Å²) in [5.74, 6) is -3.97. The zero-order valence-electron chi connectivity index (χ0n) is 19.0. The molecule has 0 saturated carbocycles. The third-order valence-corrected chi connectivity index (χ3v) is 4.96. The van der Waals surface area contributed by atoms with Crippen LogP contribution in [0.3, 0.4) is 0 Å². The van der Waals surface area contributed by atoms with E-state index in [1.165, 1.54) is 0 Å². The second kappa shape index (κ2) is 15.3. The summed E-state index contributed by atoms with van der Waals surface area (Å²) in [5, 5.41) is 16.7. The molecule has 0 aliphatic heterocycles. The van der Waals surface area contributed by atoms with E-state index in [0.717, 1.165) is 6.42 Å². The first kappa shape index (κ1) is 28.5. The Kier molecular flexibility index (Phi) is 12.9. The van der Waals surface area contributed by atoms with Crippen molar-refractivity contribution in [3.05, 3.63) is 35.9 Å². The van der Waals surface area contributed by atoms with Gasteiger partial charge >= 0.3 is 5.97 Å². The van der Waals surface area contributed by atoms with E-state index < -0.39 is 54.3 Å². The zero-order valence-corrected chi connectivity index (χ0v) is 19.0. The van der Waals surface area contributed by atoms with Crippen molar-refractivity contribution < 1.29 is 29.1 Å². The maximum absolute atomic E-state index is 12.7. The molecule has 0 radical (unpaired) electrons. The molecular formula is C22H34N6O6. The molecule has 3 unspecified atom stereocenters. The molecular weight excluding hydrogens is 444 g/mol. The molecule has 0 aromatic heterocycles. The summed E-state index contributed by atoms with van der Waals surface area (Å²) >= 11 is 0. The highest BCUT2D eigenvalue weighted by Crippen LogP contribution is 2.05. The highest BCUT2D eigenvalue weighted by molar-refractivity contribution is 5.92. The first-order chi connectivity index (χ1) is 16.1. The topological polar surface area (TPSA) is 220 Å². The number of primary amides is 1. The van der Waals surface area contributed by atoms with Crippen LogP contribution >= 0.6 is 0 Å². The minimum Gasteiger partial charge on any atom is -0.480 e. The van der Waals surface area contributed by atoms with Crippen LogP contribution in [0, 0.1) is 0 Å². The first-order valence-corrected chi connectivity index (χ1v) is 11.0. The molecule has 188 valence electrons. The predicted octanol–water partition coefficient (Wildman–Crippen LogP) is -1.88. The van der Waals surface area contributed by atoms with Gasteiger partial charge in [0.1, 0.15) is 12.1 Å². The van der Waals surface area contributed by atoms with E-state index in [9.17, 15) is 29.1 Å². The fourth-order valence-electron chi connectivity index (χ4n) is 3.06. The molecule has 0 fully saturated rings. The van der Waals surface area contributed by atoms with Gasteiger partial charge in [0.15, 0.2) is 0 Å². The summed E-state index contributed by atoms with van der Waals surface area (Å²) in [6, 6.07) is 5.41. The Labute approximate surface area is 198 Å². The standard InChI is InChI=1S/C22H34N6O6/c23-11-5-4-8-15(24)20(31)26-13-19(30)27-16(9-10-18(25)29)21(32)28-17(22(33)34)12-14-6-2-1-3-7-14/h1-3,6-7,15-17H,4-5,8-13,23-24H2,(H2,25,29)(H,26,31)(H,27,30)(H,28,32)(H,33,34). The van der Waals surface area contributed by atoms with Gasteiger partial charge in [-0.2, -0.15) is 0 Å². The van der Waals surface area contributed by atoms with Crippen molar-refractivity contribution in [2.75, 3.05) is 13.1 Å². The van der Waals surface area contributed by atoms with Gasteiger partial charge in [0.2, 0.25) is 23.6 Å². The summed E-state index contributed by atoms with van der Waals surface area (Å²) in [6.07, 6.45) is 1.47. The molecule has 0 saturated heterocycles. The third kappa shape index (κ3) is 11.4. The highest BCUT2D eigenvalue weighted by Gasteiger charge is 2.27. The Morgan fingerprint density at radius 3 is 2.18 bits per heavy atom. The number of carboxylic acid groups (broad SMARTS) is 1. The number of carbonyl (C=O) groups excluding carboxylic acids is 4. The van der Waals surface area contributed by atoms with Crippen molar-refractivity contribution in [2.24, 2.45) is 17.2 Å². The van der Waals surface area contributed by atoms with Gasteiger partial charge in [-0.1, -0.05) is 36.8 Å². The zero-order chi connectivity index (χ0) is 25.5. The molecule has 0 aliphatic rings. The minimum atomic E-state index is -1.26. The predicted molar refractivity (Wildman–Crippen MR) is 124 cm³/mol. The number of nitrogens with two attached hydrogens (primary N) is 3. The largest absolute Gasteiger partial charge is 0.480 e. The van der Waals surface area contributed by atoms with Crippen LogP contribution in [0.15, 0.2) is 30.3 Å². The lowest BCUT2D eigenvalue weighted by atomic mass is 10.0. The van der Waals surface area contributed by atoms with E-state index >= 15 is 0 Å². The molecule has 4 amide bonds. The number of amides is 4. The van der Waals surface area contributed by atoms with Crippen LogP contribution in [0.2, 0.25) is 0 Å². The van der Waals surface area contributed by atoms with Crippen LogP contribution in [0.5, 0.6) is 0 Å². The molecule has 0 spiro atoms. The number of unbranched alkanes of at least 4 members (excludes halogenated alkanes) is 1. The Morgan fingerprint density at radius 1 is 0.912 bits per heavy atom. The summed E-state index contributed by atoms with van der Waals surface area (Å²) in [5.41, 5.74) is 17.0. The number of carboxylic acids is 1. The molecule has 1 aromatic rings. The maximum atomic E-state index is 12.7. The van der Waals surface area contributed by atoms with E-state index in [-0.39, 0.29) is 19.3 Å². The van der Waals surface area contributed by atoms with Crippen LogP contribution in [0.25, 0.3) is 0 Å². The Hall–Kier alpha value is -3.51. The van der Waals surface area contributed by atoms with Gasteiger partial charge in [-0.05, 0) is 31.4 Å². The van der Waals surface area contributed by atoms with E-state index in [4.69, 9.17) is 17.2 Å². The minimum absolute atomic E-state index is 0.0243. The van der Waals surface area contributed by atoms with E-state index in [1.807, 2.05) is 0 Å². The van der Waals surface area contributed by atoms with Crippen molar-refractivity contribution in [1.82, 2.24) is 16.0 Å². The third-order valence-electron chi connectivity index (χ3n) is 4.96. The summed E-state index contributed by atoms with van der Waals surface area (Å²) < 4.78 is 0. The SMILES string of the molecule is NCCCCC(N)C(=O)NCC(=O)NC(CCC(N)=O)C(=O)NC(Cc1ccccc1)C(=O)O. The summed E-state index contributed by atoms with van der Waals surface area (Å²) in [6.45, 7) is 0.0374. The van der Waals surface area contributed by atoms with Gasteiger partial charge in [0.05, 0.1) is 12.6 Å². The lowest BCUT2D eigenvalue weighted by Crippen LogP contribution is -2.54. The molecule has 0 heterocycles. The van der Waals surface area contributed by atoms with Crippen molar-refractivity contribution in [1.29, 1.82) is 0 Å². The number of benzene rings is 1. The number of hydrogen-bond acceptors (Lipinski definition) is 7. The second-order valence-electron chi connectivity index (χ2n) is 7.82. The molecule has 10 N–H and O–H groups in total. The van der Waals surface area contributed by atoms with Crippen LogP contribution in [0.1, 0.15) is 37.7 Å². The number of carbonyl (C=O) groups is 5. The number of aliphatic carboxylic acids is 1. The monoisotopic (exact) mass is 478 g/mol. The van der Waals surface area contributed by atoms with Crippen molar-refractivity contribution in [3.8, 4) is 0 Å². The van der Waals surface area contributed by atoms with Crippen molar-refractivity contribution in [2.45, 2.75) is 56.7 Å². The molecule has 1 aromatic carbocycles. The first-order valence-electron chi connectivity index (χ1n) is 11.0. The van der Waals surface area contributed by atoms with Crippen molar-refractivity contribution >= 4 is 29.6 Å². The quantitative estimate of drug-likeness (QED) is 0.133. The molecule has 0 aliphatic carbocycles. The second-order valence-corrected chi connectivity index (χ2v) is 7.82. The summed E-state index contributed by atoms with van der Waals surface area (Å²) in [4.78, 5) is 59.9. The van der Waals surface area contributed by atoms with Gasteiger partial charge in [-0.25, -0.2) is 4.79 Å². The highest BCUT2D eigenvalue weighted by atomic mass is 16.4. The van der Waals surface area contributed by atoms with Crippen LogP contribution in [0.4, 0.5) is 0 Å².